The Morgan fingerprint density at radius 1 is 0.880 bits per heavy atom. The topological polar surface area (TPSA) is 66.9 Å². The molecule has 0 saturated carbocycles. The number of hydrogen-bond acceptors (Lipinski definition) is 6. The normalized spacial score (nSPS) is 10.4. The van der Waals surface area contributed by atoms with Crippen molar-refractivity contribution in [3.8, 4) is 23.0 Å². The van der Waals surface area contributed by atoms with Crippen molar-refractivity contribution in [2.75, 3.05) is 21.3 Å². The summed E-state index contributed by atoms with van der Waals surface area (Å²) in [7, 11) is 4.60. The van der Waals surface area contributed by atoms with E-state index < -0.39 is 5.97 Å². The SMILES string of the molecule is COc1cc(OC)c2c(OC(=O)c3ccccc3OC)ccnc2c1. The summed E-state index contributed by atoms with van der Waals surface area (Å²) in [5.74, 6) is 1.37. The second-order valence-electron chi connectivity index (χ2n) is 5.12. The number of aromatic nitrogens is 1. The summed E-state index contributed by atoms with van der Waals surface area (Å²) in [6, 6.07) is 12.0. The number of esters is 1. The molecular weight excluding hydrogens is 322 g/mol. The Kier molecular flexibility index (Phi) is 4.70. The Labute approximate surface area is 144 Å². The van der Waals surface area contributed by atoms with Gasteiger partial charge in [0, 0.05) is 24.4 Å². The van der Waals surface area contributed by atoms with Gasteiger partial charge >= 0.3 is 5.97 Å². The largest absolute Gasteiger partial charge is 0.497 e. The minimum absolute atomic E-state index is 0.336. The lowest BCUT2D eigenvalue weighted by Gasteiger charge is -2.13. The summed E-state index contributed by atoms with van der Waals surface area (Å²) in [6.07, 6.45) is 1.56. The third-order valence-corrected chi connectivity index (χ3v) is 3.73. The maximum absolute atomic E-state index is 12.6. The number of rotatable bonds is 5. The van der Waals surface area contributed by atoms with E-state index in [1.807, 2.05) is 0 Å². The van der Waals surface area contributed by atoms with Gasteiger partial charge in [0.15, 0.2) is 0 Å². The highest BCUT2D eigenvalue weighted by Crippen LogP contribution is 2.36. The fraction of sp³-hybridized carbons (Fsp3) is 0.158. The molecule has 0 N–H and O–H groups in total. The average Bonchev–Trinajstić information content (AvgIpc) is 2.66. The smallest absolute Gasteiger partial charge is 0.347 e. The van der Waals surface area contributed by atoms with Crippen LogP contribution < -0.4 is 18.9 Å². The number of hydrogen-bond donors (Lipinski definition) is 0. The Balaban J connectivity index is 2.06. The summed E-state index contributed by atoms with van der Waals surface area (Å²) in [5.41, 5.74) is 0.934. The van der Waals surface area contributed by atoms with Crippen LogP contribution in [-0.4, -0.2) is 32.3 Å². The van der Waals surface area contributed by atoms with Crippen molar-refractivity contribution < 1.29 is 23.7 Å². The molecule has 2 aromatic carbocycles. The number of carbonyl (C=O) groups excluding carboxylic acids is 1. The zero-order valence-corrected chi connectivity index (χ0v) is 14.1. The van der Waals surface area contributed by atoms with Crippen molar-refractivity contribution in [1.82, 2.24) is 4.98 Å². The Hall–Kier alpha value is -3.28. The summed E-state index contributed by atoms with van der Waals surface area (Å²) < 4.78 is 21.5. The van der Waals surface area contributed by atoms with E-state index in [-0.39, 0.29) is 0 Å². The van der Waals surface area contributed by atoms with Crippen LogP contribution in [0.15, 0.2) is 48.7 Å². The van der Waals surface area contributed by atoms with Crippen LogP contribution in [0, 0.1) is 0 Å². The van der Waals surface area contributed by atoms with Crippen LogP contribution >= 0.6 is 0 Å². The molecule has 0 radical (unpaired) electrons. The molecule has 6 nitrogen and oxygen atoms in total. The molecule has 6 heteroatoms. The van der Waals surface area contributed by atoms with Crippen molar-refractivity contribution in [3.05, 3.63) is 54.2 Å². The molecule has 0 fully saturated rings. The molecule has 25 heavy (non-hydrogen) atoms. The van der Waals surface area contributed by atoms with E-state index >= 15 is 0 Å². The lowest BCUT2D eigenvalue weighted by molar-refractivity contribution is 0.0733. The minimum atomic E-state index is -0.525. The molecular formula is C19H17NO5. The third-order valence-electron chi connectivity index (χ3n) is 3.73. The van der Waals surface area contributed by atoms with E-state index in [0.717, 1.165) is 0 Å². The molecule has 0 aliphatic rings. The molecule has 0 spiro atoms. The van der Waals surface area contributed by atoms with E-state index in [9.17, 15) is 4.79 Å². The molecule has 0 saturated heterocycles. The van der Waals surface area contributed by atoms with E-state index in [0.29, 0.717) is 39.5 Å². The van der Waals surface area contributed by atoms with Crippen molar-refractivity contribution in [2.45, 2.75) is 0 Å². The van der Waals surface area contributed by atoms with Gasteiger partial charge in [-0.25, -0.2) is 4.79 Å². The monoisotopic (exact) mass is 339 g/mol. The quantitative estimate of drug-likeness (QED) is 0.663. The standard InChI is InChI=1S/C19H17NO5/c1-22-12-10-14-18(17(11-12)24-3)16(8-9-20-14)25-19(21)13-6-4-5-7-15(13)23-2/h4-11H,1-3H3. The summed E-state index contributed by atoms with van der Waals surface area (Å²) in [5, 5.41) is 0.592. The maximum atomic E-state index is 12.6. The van der Waals surface area contributed by atoms with Gasteiger partial charge in [-0.3, -0.25) is 4.98 Å². The van der Waals surface area contributed by atoms with Gasteiger partial charge in [0.1, 0.15) is 28.6 Å². The molecule has 0 unspecified atom stereocenters. The van der Waals surface area contributed by atoms with Gasteiger partial charge in [0.25, 0.3) is 0 Å². The molecule has 0 aliphatic heterocycles. The van der Waals surface area contributed by atoms with Gasteiger partial charge < -0.3 is 18.9 Å². The van der Waals surface area contributed by atoms with E-state index in [4.69, 9.17) is 18.9 Å². The fourth-order valence-electron chi connectivity index (χ4n) is 2.53. The van der Waals surface area contributed by atoms with Gasteiger partial charge in [0.05, 0.1) is 32.2 Å². The molecule has 1 aromatic heterocycles. The lowest BCUT2D eigenvalue weighted by atomic mass is 10.1. The van der Waals surface area contributed by atoms with Gasteiger partial charge in [-0.05, 0) is 12.1 Å². The van der Waals surface area contributed by atoms with Crippen molar-refractivity contribution in [1.29, 1.82) is 0 Å². The highest BCUT2D eigenvalue weighted by atomic mass is 16.5. The zero-order valence-electron chi connectivity index (χ0n) is 14.1. The molecule has 3 rings (SSSR count). The third kappa shape index (κ3) is 3.19. The predicted octanol–water partition coefficient (Wildman–Crippen LogP) is 3.48. The highest BCUT2D eigenvalue weighted by molar-refractivity contribution is 5.98. The van der Waals surface area contributed by atoms with Crippen LogP contribution in [0.1, 0.15) is 10.4 Å². The van der Waals surface area contributed by atoms with Crippen LogP contribution in [0.5, 0.6) is 23.0 Å². The first-order chi connectivity index (χ1) is 12.2. The molecule has 0 aliphatic carbocycles. The molecule has 128 valence electrons. The molecule has 3 aromatic rings. The Morgan fingerprint density at radius 2 is 1.64 bits per heavy atom. The molecule has 0 bridgehead atoms. The number of para-hydroxylation sites is 1. The van der Waals surface area contributed by atoms with Crippen LogP contribution in [-0.2, 0) is 0 Å². The molecule has 0 atom stereocenters. The number of nitrogens with zero attached hydrogens (tertiary/aromatic N) is 1. The van der Waals surface area contributed by atoms with Crippen molar-refractivity contribution >= 4 is 16.9 Å². The van der Waals surface area contributed by atoms with E-state index in [2.05, 4.69) is 4.98 Å². The first kappa shape index (κ1) is 16.6. The first-order valence-corrected chi connectivity index (χ1v) is 7.54. The lowest BCUT2D eigenvalue weighted by Crippen LogP contribution is -2.10. The summed E-state index contributed by atoms with van der Waals surface area (Å²) in [4.78, 5) is 16.9. The minimum Gasteiger partial charge on any atom is -0.497 e. The number of benzene rings is 2. The summed E-state index contributed by atoms with van der Waals surface area (Å²) in [6.45, 7) is 0. The van der Waals surface area contributed by atoms with E-state index in [1.165, 1.54) is 14.2 Å². The molecule has 0 amide bonds. The highest BCUT2D eigenvalue weighted by Gasteiger charge is 2.18. The predicted molar refractivity (Wildman–Crippen MR) is 92.8 cm³/mol. The molecule has 1 heterocycles. The number of ether oxygens (including phenoxy) is 4. The Morgan fingerprint density at radius 3 is 2.36 bits per heavy atom. The van der Waals surface area contributed by atoms with Crippen LogP contribution in [0.3, 0.4) is 0 Å². The fourth-order valence-corrected chi connectivity index (χ4v) is 2.53. The van der Waals surface area contributed by atoms with Crippen LogP contribution in [0.25, 0.3) is 10.9 Å². The Bertz CT molecular complexity index is 923. The number of carbonyl (C=O) groups is 1. The first-order valence-electron chi connectivity index (χ1n) is 7.54. The van der Waals surface area contributed by atoms with Crippen molar-refractivity contribution in [2.24, 2.45) is 0 Å². The second-order valence-corrected chi connectivity index (χ2v) is 5.12. The van der Waals surface area contributed by atoms with Crippen LogP contribution in [0.4, 0.5) is 0 Å². The van der Waals surface area contributed by atoms with Gasteiger partial charge in [0.2, 0.25) is 0 Å². The number of fused-ring (bicyclic) bond motifs is 1. The maximum Gasteiger partial charge on any atom is 0.347 e. The second kappa shape index (κ2) is 7.09. The summed E-state index contributed by atoms with van der Waals surface area (Å²) >= 11 is 0. The van der Waals surface area contributed by atoms with E-state index in [1.54, 1.807) is 55.8 Å². The zero-order chi connectivity index (χ0) is 17.8. The van der Waals surface area contributed by atoms with Crippen molar-refractivity contribution in [3.63, 3.8) is 0 Å². The number of methoxy groups -OCH3 is 3. The van der Waals surface area contributed by atoms with Crippen LogP contribution in [0.2, 0.25) is 0 Å². The average molecular weight is 339 g/mol. The van der Waals surface area contributed by atoms with Gasteiger partial charge in [-0.2, -0.15) is 0 Å². The van der Waals surface area contributed by atoms with Gasteiger partial charge in [-0.1, -0.05) is 12.1 Å². The van der Waals surface area contributed by atoms with Gasteiger partial charge in [-0.15, -0.1) is 0 Å². The number of pyridine rings is 1.